The van der Waals surface area contributed by atoms with Crippen LogP contribution < -0.4 is 21.3 Å². The molecule has 0 saturated heterocycles. The number of nitrogens with one attached hydrogen (secondary N) is 4. The molecule has 0 atom stereocenters. The third kappa shape index (κ3) is 9.80. The van der Waals surface area contributed by atoms with E-state index in [9.17, 15) is 10.2 Å². The topological polar surface area (TPSA) is 88.6 Å². The Morgan fingerprint density at radius 1 is 0.722 bits per heavy atom. The van der Waals surface area contributed by atoms with E-state index < -0.39 is 0 Å². The monoisotopic (exact) mass is 534 g/mol. The first-order valence-corrected chi connectivity index (χ1v) is 15.1. The molecule has 0 aliphatic carbocycles. The lowest BCUT2D eigenvalue weighted by atomic mass is 9.93. The predicted molar refractivity (Wildman–Crippen MR) is 156 cm³/mol. The van der Waals surface area contributed by atoms with Crippen molar-refractivity contribution in [2.75, 3.05) is 39.2 Å². The molecule has 2 aromatic rings. The molecule has 0 unspecified atom stereocenters. The Morgan fingerprint density at radius 2 is 1.11 bits per heavy atom. The van der Waals surface area contributed by atoms with Crippen LogP contribution in [0.5, 0.6) is 11.5 Å². The van der Waals surface area contributed by atoms with Gasteiger partial charge in [-0.1, -0.05) is 27.7 Å². The first-order chi connectivity index (χ1) is 17.1. The van der Waals surface area contributed by atoms with Gasteiger partial charge in [-0.2, -0.15) is 0 Å². The molecule has 36 heavy (non-hydrogen) atoms. The third-order valence-electron chi connectivity index (χ3n) is 6.03. The van der Waals surface area contributed by atoms with Crippen LogP contribution in [0.4, 0.5) is 0 Å². The zero-order chi connectivity index (χ0) is 26.7. The molecule has 6 N–H and O–H groups in total. The molecule has 0 spiro atoms. The molecule has 0 aliphatic heterocycles. The molecule has 0 amide bonds. The van der Waals surface area contributed by atoms with E-state index in [0.29, 0.717) is 43.6 Å². The van der Waals surface area contributed by atoms with Crippen molar-refractivity contribution in [2.24, 2.45) is 11.3 Å². The number of thioether (sulfide) groups is 2. The summed E-state index contributed by atoms with van der Waals surface area (Å²) >= 11 is 3.39. The Balaban J connectivity index is 1.94. The van der Waals surface area contributed by atoms with Crippen molar-refractivity contribution in [3.05, 3.63) is 46.5 Å². The van der Waals surface area contributed by atoms with E-state index in [0.717, 1.165) is 51.7 Å². The van der Waals surface area contributed by atoms with E-state index in [2.05, 4.69) is 79.7 Å². The van der Waals surface area contributed by atoms with E-state index in [4.69, 9.17) is 0 Å². The van der Waals surface area contributed by atoms with E-state index in [1.807, 2.05) is 13.1 Å². The van der Waals surface area contributed by atoms with Gasteiger partial charge in [-0.25, -0.2) is 0 Å². The number of hydrogen-bond donors (Lipinski definition) is 6. The Morgan fingerprint density at radius 3 is 1.47 bits per heavy atom. The van der Waals surface area contributed by atoms with Gasteiger partial charge >= 0.3 is 0 Å². The van der Waals surface area contributed by atoms with Crippen molar-refractivity contribution in [1.29, 1.82) is 0 Å². The average molecular weight is 535 g/mol. The van der Waals surface area contributed by atoms with Crippen LogP contribution in [0.1, 0.15) is 49.9 Å². The molecule has 0 fully saturated rings. The highest BCUT2D eigenvalue weighted by molar-refractivity contribution is 7.98. The zero-order valence-corrected chi connectivity index (χ0v) is 24.7. The lowest BCUT2D eigenvalue weighted by molar-refractivity contribution is 0.317. The zero-order valence-electron chi connectivity index (χ0n) is 23.0. The average Bonchev–Trinajstić information content (AvgIpc) is 2.83. The van der Waals surface area contributed by atoms with Crippen molar-refractivity contribution >= 4 is 23.5 Å². The molecule has 6 nitrogen and oxygen atoms in total. The third-order valence-corrected chi connectivity index (χ3v) is 7.44. The summed E-state index contributed by atoms with van der Waals surface area (Å²) in [5.74, 6) is 1.32. The number of phenolic OH excluding ortho intramolecular Hbond substituents is 2. The molecule has 202 valence electrons. The number of phenols is 2. The van der Waals surface area contributed by atoms with Gasteiger partial charge in [0.2, 0.25) is 0 Å². The molecular weight excluding hydrogens is 488 g/mol. The van der Waals surface area contributed by atoms with Crippen LogP contribution >= 0.6 is 23.5 Å². The predicted octanol–water partition coefficient (Wildman–Crippen LogP) is 4.91. The molecular formula is C28H46N4O2S2. The first-order valence-electron chi connectivity index (χ1n) is 12.6. The van der Waals surface area contributed by atoms with Crippen molar-refractivity contribution < 1.29 is 10.2 Å². The molecule has 0 saturated carbocycles. The minimum atomic E-state index is -0.00503. The summed E-state index contributed by atoms with van der Waals surface area (Å²) in [7, 11) is 1.89. The van der Waals surface area contributed by atoms with Crippen LogP contribution in [-0.4, -0.2) is 49.4 Å². The van der Waals surface area contributed by atoms with Crippen molar-refractivity contribution in [1.82, 2.24) is 21.3 Å². The van der Waals surface area contributed by atoms with Crippen LogP contribution in [0.3, 0.4) is 0 Å². The fourth-order valence-electron chi connectivity index (χ4n) is 4.05. The molecule has 8 heteroatoms. The lowest BCUT2D eigenvalue weighted by Crippen LogP contribution is -2.37. The summed E-state index contributed by atoms with van der Waals surface area (Å²) in [4.78, 5) is 2.32. The largest absolute Gasteiger partial charge is 0.507 e. The summed E-state index contributed by atoms with van der Waals surface area (Å²) in [6.07, 6.45) is 4.12. The van der Waals surface area contributed by atoms with Crippen LogP contribution in [0.2, 0.25) is 0 Å². The quantitative estimate of drug-likeness (QED) is 0.169. The SMILES string of the molecule is CNCc1cc(SC)cc(CNCC(C)(C)CNCc2cc(SC)cc(CNCC(C)C)c2O)c1O. The van der Waals surface area contributed by atoms with Crippen LogP contribution in [0.25, 0.3) is 0 Å². The van der Waals surface area contributed by atoms with Crippen molar-refractivity contribution in [3.63, 3.8) is 0 Å². The van der Waals surface area contributed by atoms with Crippen LogP contribution in [0.15, 0.2) is 34.1 Å². The fraction of sp³-hybridized carbons (Fsp3) is 0.571. The van der Waals surface area contributed by atoms with E-state index >= 15 is 0 Å². The van der Waals surface area contributed by atoms with E-state index in [1.165, 1.54) is 0 Å². The minimum absolute atomic E-state index is 0.00503. The van der Waals surface area contributed by atoms with Gasteiger partial charge in [-0.3, -0.25) is 0 Å². The molecule has 0 aromatic heterocycles. The second kappa shape index (κ2) is 15.1. The highest BCUT2D eigenvalue weighted by Crippen LogP contribution is 2.30. The summed E-state index contributed by atoms with van der Waals surface area (Å²) in [5.41, 5.74) is 3.73. The second-order valence-corrected chi connectivity index (χ2v) is 12.3. The normalized spacial score (nSPS) is 12.0. The van der Waals surface area contributed by atoms with Crippen LogP contribution in [0, 0.1) is 11.3 Å². The Labute approximate surface area is 226 Å². The Hall–Kier alpha value is -1.42. The number of benzene rings is 2. The number of hydrogen-bond acceptors (Lipinski definition) is 8. The molecule has 0 bridgehead atoms. The standard InChI is InChI=1S/C28H46N4O2S2/c1-19(2)12-30-14-21-9-25(36-7)11-23(27(21)34)16-32-18-28(3,4)17-31-15-22-10-24(35-6)8-20(13-29-5)26(22)33/h8-11,19,29-34H,12-18H2,1-7H3. The maximum atomic E-state index is 10.9. The summed E-state index contributed by atoms with van der Waals surface area (Å²) in [5, 5.41) is 35.2. The molecule has 2 aromatic carbocycles. The first kappa shape index (κ1) is 30.8. The highest BCUT2D eigenvalue weighted by Gasteiger charge is 2.19. The highest BCUT2D eigenvalue weighted by atomic mass is 32.2. The molecule has 0 heterocycles. The summed E-state index contributed by atoms with van der Waals surface area (Å²) in [6.45, 7) is 13.9. The van der Waals surface area contributed by atoms with E-state index in [1.54, 1.807) is 23.5 Å². The smallest absolute Gasteiger partial charge is 0.124 e. The maximum Gasteiger partial charge on any atom is 0.124 e. The van der Waals surface area contributed by atoms with Crippen LogP contribution in [-0.2, 0) is 26.2 Å². The second-order valence-electron chi connectivity index (χ2n) is 10.5. The van der Waals surface area contributed by atoms with Gasteiger partial charge in [0.25, 0.3) is 0 Å². The summed E-state index contributed by atoms with van der Waals surface area (Å²) < 4.78 is 0. The molecule has 2 rings (SSSR count). The van der Waals surface area contributed by atoms with Gasteiger partial charge in [-0.05, 0) is 61.7 Å². The van der Waals surface area contributed by atoms with Crippen molar-refractivity contribution in [3.8, 4) is 11.5 Å². The molecule has 0 radical (unpaired) electrons. The Bertz CT molecular complexity index is 967. The van der Waals surface area contributed by atoms with Crippen molar-refractivity contribution in [2.45, 2.75) is 63.7 Å². The number of rotatable bonds is 16. The lowest BCUT2D eigenvalue weighted by Gasteiger charge is -2.26. The van der Waals surface area contributed by atoms with Gasteiger partial charge in [0.05, 0.1) is 0 Å². The minimum Gasteiger partial charge on any atom is -0.507 e. The van der Waals surface area contributed by atoms with Gasteiger partial charge in [0.15, 0.2) is 0 Å². The Kier molecular flexibility index (Phi) is 12.9. The van der Waals surface area contributed by atoms with Gasteiger partial charge in [-0.15, -0.1) is 23.5 Å². The number of aromatic hydroxyl groups is 2. The van der Waals surface area contributed by atoms with Gasteiger partial charge in [0.1, 0.15) is 11.5 Å². The molecule has 0 aliphatic rings. The summed E-state index contributed by atoms with van der Waals surface area (Å²) in [6, 6.07) is 8.26. The van der Waals surface area contributed by atoms with E-state index in [-0.39, 0.29) is 5.41 Å². The maximum absolute atomic E-state index is 10.9. The van der Waals surface area contributed by atoms with Gasteiger partial charge < -0.3 is 31.5 Å². The fourth-order valence-corrected chi connectivity index (χ4v) is 5.09. The van der Waals surface area contributed by atoms with Gasteiger partial charge in [0, 0.05) is 71.3 Å².